The molecular formula is C17H23IN4O2S. The van der Waals surface area contributed by atoms with Crippen molar-refractivity contribution in [3.05, 3.63) is 59.9 Å². The molecule has 0 atom stereocenters. The van der Waals surface area contributed by atoms with Crippen molar-refractivity contribution in [1.82, 2.24) is 15.6 Å². The Balaban J connectivity index is 0.00000312. The highest BCUT2D eigenvalue weighted by atomic mass is 127. The third-order valence-electron chi connectivity index (χ3n) is 3.44. The van der Waals surface area contributed by atoms with Crippen molar-refractivity contribution in [1.29, 1.82) is 0 Å². The van der Waals surface area contributed by atoms with E-state index in [1.165, 1.54) is 6.26 Å². The monoisotopic (exact) mass is 474 g/mol. The fourth-order valence-corrected chi connectivity index (χ4v) is 2.76. The van der Waals surface area contributed by atoms with Crippen LogP contribution in [0.5, 0.6) is 0 Å². The van der Waals surface area contributed by atoms with Crippen LogP contribution in [-0.2, 0) is 22.8 Å². The van der Waals surface area contributed by atoms with E-state index in [9.17, 15) is 8.42 Å². The number of pyridine rings is 1. The molecule has 0 saturated carbocycles. The number of hydrogen-bond acceptors (Lipinski definition) is 4. The first-order valence-corrected chi connectivity index (χ1v) is 9.51. The van der Waals surface area contributed by atoms with E-state index in [2.05, 4.69) is 20.6 Å². The number of guanidine groups is 1. The Labute approximate surface area is 166 Å². The van der Waals surface area contributed by atoms with Gasteiger partial charge in [0.2, 0.25) is 0 Å². The quantitative estimate of drug-likeness (QED) is 0.380. The Hall–Kier alpha value is -1.68. The summed E-state index contributed by atoms with van der Waals surface area (Å²) in [5, 5.41) is 6.42. The van der Waals surface area contributed by atoms with Crippen molar-refractivity contribution < 1.29 is 8.42 Å². The molecule has 1 aromatic carbocycles. The largest absolute Gasteiger partial charge is 0.356 e. The maximum Gasteiger partial charge on any atom is 0.191 e. The summed E-state index contributed by atoms with van der Waals surface area (Å²) in [6.07, 6.45) is 3.74. The van der Waals surface area contributed by atoms with Gasteiger partial charge in [0.05, 0.1) is 17.1 Å². The zero-order chi connectivity index (χ0) is 17.4. The predicted molar refractivity (Wildman–Crippen MR) is 111 cm³/mol. The van der Waals surface area contributed by atoms with Crippen LogP contribution in [0.3, 0.4) is 0 Å². The second kappa shape index (κ2) is 10.3. The first-order valence-electron chi connectivity index (χ1n) is 7.62. The topological polar surface area (TPSA) is 83.5 Å². The highest BCUT2D eigenvalue weighted by molar-refractivity contribution is 14.0. The molecule has 25 heavy (non-hydrogen) atoms. The summed E-state index contributed by atoms with van der Waals surface area (Å²) < 4.78 is 22.9. The molecule has 8 heteroatoms. The van der Waals surface area contributed by atoms with Crippen LogP contribution in [0.15, 0.2) is 58.5 Å². The summed E-state index contributed by atoms with van der Waals surface area (Å²) in [5.41, 5.74) is 2.01. The Morgan fingerprint density at radius 1 is 1.12 bits per heavy atom. The van der Waals surface area contributed by atoms with Gasteiger partial charge in [0.25, 0.3) is 0 Å². The van der Waals surface area contributed by atoms with Crippen LogP contribution in [0.25, 0.3) is 0 Å². The summed E-state index contributed by atoms with van der Waals surface area (Å²) in [5.74, 6) is 0.702. The lowest BCUT2D eigenvalue weighted by molar-refractivity contribution is 0.602. The Morgan fingerprint density at radius 3 is 2.40 bits per heavy atom. The van der Waals surface area contributed by atoms with Crippen molar-refractivity contribution in [2.24, 2.45) is 4.99 Å². The van der Waals surface area contributed by atoms with Crippen LogP contribution in [0.4, 0.5) is 0 Å². The maximum absolute atomic E-state index is 11.4. The Morgan fingerprint density at radius 2 is 1.84 bits per heavy atom. The van der Waals surface area contributed by atoms with Gasteiger partial charge in [0.1, 0.15) is 0 Å². The fourth-order valence-electron chi connectivity index (χ4n) is 2.13. The second-order valence-electron chi connectivity index (χ2n) is 5.34. The molecule has 2 aromatic rings. The van der Waals surface area contributed by atoms with Gasteiger partial charge in [0.15, 0.2) is 15.8 Å². The summed E-state index contributed by atoms with van der Waals surface area (Å²) in [4.78, 5) is 8.75. The number of halogens is 1. The minimum absolute atomic E-state index is 0. The maximum atomic E-state index is 11.4. The molecule has 2 N–H and O–H groups in total. The number of rotatable bonds is 6. The first-order chi connectivity index (χ1) is 11.5. The van der Waals surface area contributed by atoms with Crippen LogP contribution in [0.1, 0.15) is 11.3 Å². The van der Waals surface area contributed by atoms with Crippen molar-refractivity contribution in [3.63, 3.8) is 0 Å². The molecule has 0 aliphatic rings. The SMILES string of the molecule is CN=C(NCCc1ccc(S(C)(=O)=O)cc1)NCc1ccccn1.I. The molecule has 6 nitrogen and oxygen atoms in total. The molecule has 136 valence electrons. The molecular weight excluding hydrogens is 451 g/mol. The van der Waals surface area contributed by atoms with Gasteiger partial charge in [-0.25, -0.2) is 8.42 Å². The Kier molecular flexibility index (Phi) is 8.84. The second-order valence-corrected chi connectivity index (χ2v) is 7.36. The van der Waals surface area contributed by atoms with Gasteiger partial charge in [-0.15, -0.1) is 24.0 Å². The van der Waals surface area contributed by atoms with Crippen molar-refractivity contribution >= 4 is 39.8 Å². The lowest BCUT2D eigenvalue weighted by Gasteiger charge is -2.11. The van der Waals surface area contributed by atoms with E-state index in [0.29, 0.717) is 23.9 Å². The number of nitrogens with one attached hydrogen (secondary N) is 2. The molecule has 0 fully saturated rings. The van der Waals surface area contributed by atoms with E-state index in [4.69, 9.17) is 0 Å². The number of aliphatic imine (C=N–C) groups is 1. The average Bonchev–Trinajstić information content (AvgIpc) is 2.58. The zero-order valence-corrected chi connectivity index (χ0v) is 17.4. The summed E-state index contributed by atoms with van der Waals surface area (Å²) >= 11 is 0. The van der Waals surface area contributed by atoms with E-state index in [0.717, 1.165) is 17.7 Å². The molecule has 2 rings (SSSR count). The number of sulfone groups is 1. The molecule has 0 radical (unpaired) electrons. The summed E-state index contributed by atoms with van der Waals surface area (Å²) in [6, 6.07) is 12.7. The van der Waals surface area contributed by atoms with Gasteiger partial charge in [-0.3, -0.25) is 9.98 Å². The van der Waals surface area contributed by atoms with Crippen LogP contribution in [-0.4, -0.2) is 39.2 Å². The lowest BCUT2D eigenvalue weighted by Crippen LogP contribution is -2.38. The minimum Gasteiger partial charge on any atom is -0.356 e. The van der Waals surface area contributed by atoms with Gasteiger partial charge in [-0.2, -0.15) is 0 Å². The molecule has 0 spiro atoms. The average molecular weight is 474 g/mol. The fraction of sp³-hybridized carbons (Fsp3) is 0.294. The molecule has 1 heterocycles. The highest BCUT2D eigenvalue weighted by Crippen LogP contribution is 2.10. The van der Waals surface area contributed by atoms with Crippen LogP contribution in [0, 0.1) is 0 Å². The summed E-state index contributed by atoms with van der Waals surface area (Å²) in [7, 11) is -1.42. The molecule has 0 aliphatic heterocycles. The standard InChI is InChI=1S/C17H22N4O2S.HI/c1-18-17(21-13-15-5-3-4-11-19-15)20-12-10-14-6-8-16(9-7-14)24(2,22)23;/h3-9,11H,10,12-13H2,1-2H3,(H2,18,20,21);1H. The first kappa shape index (κ1) is 21.4. The Bertz CT molecular complexity index is 778. The number of hydrogen-bond donors (Lipinski definition) is 2. The van der Waals surface area contributed by atoms with Gasteiger partial charge < -0.3 is 10.6 Å². The number of aromatic nitrogens is 1. The van der Waals surface area contributed by atoms with Crippen LogP contribution >= 0.6 is 24.0 Å². The van der Waals surface area contributed by atoms with E-state index < -0.39 is 9.84 Å². The van der Waals surface area contributed by atoms with Gasteiger partial charge in [-0.1, -0.05) is 18.2 Å². The van der Waals surface area contributed by atoms with Crippen molar-refractivity contribution in [2.45, 2.75) is 17.9 Å². The molecule has 0 unspecified atom stereocenters. The summed E-state index contributed by atoms with van der Waals surface area (Å²) in [6.45, 7) is 1.30. The van der Waals surface area contributed by atoms with E-state index in [1.807, 2.05) is 30.3 Å². The normalized spacial score (nSPS) is 11.5. The number of nitrogens with zero attached hydrogens (tertiary/aromatic N) is 2. The van der Waals surface area contributed by atoms with Crippen LogP contribution in [0.2, 0.25) is 0 Å². The third-order valence-corrected chi connectivity index (χ3v) is 4.57. The van der Waals surface area contributed by atoms with E-state index in [1.54, 1.807) is 25.4 Å². The van der Waals surface area contributed by atoms with Crippen molar-refractivity contribution in [2.75, 3.05) is 19.8 Å². The molecule has 0 saturated heterocycles. The predicted octanol–water partition coefficient (Wildman–Crippen LogP) is 2.01. The number of benzene rings is 1. The smallest absolute Gasteiger partial charge is 0.191 e. The molecule has 0 amide bonds. The van der Waals surface area contributed by atoms with Gasteiger partial charge in [-0.05, 0) is 36.2 Å². The highest BCUT2D eigenvalue weighted by Gasteiger charge is 2.06. The van der Waals surface area contributed by atoms with Crippen LogP contribution < -0.4 is 10.6 Å². The third kappa shape index (κ3) is 7.39. The minimum atomic E-state index is -3.14. The van der Waals surface area contributed by atoms with E-state index >= 15 is 0 Å². The molecule has 0 aliphatic carbocycles. The van der Waals surface area contributed by atoms with Gasteiger partial charge in [0, 0.05) is 26.0 Å². The lowest BCUT2D eigenvalue weighted by atomic mass is 10.1. The van der Waals surface area contributed by atoms with Gasteiger partial charge >= 0.3 is 0 Å². The van der Waals surface area contributed by atoms with Crippen molar-refractivity contribution in [3.8, 4) is 0 Å². The zero-order valence-electron chi connectivity index (χ0n) is 14.3. The molecule has 0 bridgehead atoms. The molecule has 1 aromatic heterocycles. The van der Waals surface area contributed by atoms with E-state index in [-0.39, 0.29) is 24.0 Å².